The number of benzene rings is 4. The zero-order valence-corrected chi connectivity index (χ0v) is 26.4. The van der Waals surface area contributed by atoms with Crippen LogP contribution in [-0.2, 0) is 32.6 Å². The van der Waals surface area contributed by atoms with Gasteiger partial charge in [-0.3, -0.25) is 13.9 Å². The first-order valence-electron chi connectivity index (χ1n) is 14.2. The summed E-state index contributed by atoms with van der Waals surface area (Å²) in [4.78, 5) is 29.5. The van der Waals surface area contributed by atoms with Crippen molar-refractivity contribution >= 4 is 39.1 Å². The third kappa shape index (κ3) is 8.24. The summed E-state index contributed by atoms with van der Waals surface area (Å²) in [5.74, 6) is -1.72. The van der Waals surface area contributed by atoms with Crippen LogP contribution in [0.2, 0.25) is 5.02 Å². The number of nitrogens with one attached hydrogen (secondary N) is 1. The number of nitrogens with zero attached hydrogens (tertiary/aromatic N) is 2. The molecule has 0 aliphatic heterocycles. The molecule has 0 saturated carbocycles. The van der Waals surface area contributed by atoms with Gasteiger partial charge in [-0.05, 0) is 62.2 Å². The number of aryl methyl sites for hydroxylation is 1. The Bertz CT molecular complexity index is 1700. The normalized spacial score (nSPS) is 12.0. The van der Waals surface area contributed by atoms with E-state index in [2.05, 4.69) is 5.32 Å². The summed E-state index contributed by atoms with van der Waals surface area (Å²) >= 11 is 6.06. The van der Waals surface area contributed by atoms with Crippen LogP contribution in [0.4, 0.5) is 10.1 Å². The van der Waals surface area contributed by atoms with Crippen molar-refractivity contribution in [1.82, 2.24) is 10.2 Å². The van der Waals surface area contributed by atoms with E-state index < -0.39 is 34.3 Å². The van der Waals surface area contributed by atoms with E-state index >= 15 is 0 Å². The predicted octanol–water partition coefficient (Wildman–Crippen LogP) is 6.15. The van der Waals surface area contributed by atoms with Gasteiger partial charge in [0, 0.05) is 19.0 Å². The molecule has 1 atom stereocenters. The van der Waals surface area contributed by atoms with Crippen LogP contribution in [0.5, 0.6) is 0 Å². The lowest BCUT2D eigenvalue weighted by atomic mass is 10.0. The smallest absolute Gasteiger partial charge is 0.264 e. The largest absolute Gasteiger partial charge is 0.352 e. The van der Waals surface area contributed by atoms with Crippen molar-refractivity contribution in [3.63, 3.8) is 0 Å². The fourth-order valence-corrected chi connectivity index (χ4v) is 6.43. The van der Waals surface area contributed by atoms with E-state index in [1.807, 2.05) is 75.4 Å². The van der Waals surface area contributed by atoms with Gasteiger partial charge in [-0.1, -0.05) is 90.0 Å². The molecule has 230 valence electrons. The van der Waals surface area contributed by atoms with Crippen LogP contribution >= 0.6 is 11.6 Å². The fraction of sp³-hybridized carbons (Fsp3) is 0.235. The molecule has 0 unspecified atom stereocenters. The summed E-state index contributed by atoms with van der Waals surface area (Å²) in [6, 6.07) is 26.8. The molecule has 0 aromatic heterocycles. The fourth-order valence-electron chi connectivity index (χ4n) is 4.83. The van der Waals surface area contributed by atoms with Crippen LogP contribution in [0, 0.1) is 12.7 Å². The van der Waals surface area contributed by atoms with Gasteiger partial charge in [-0.25, -0.2) is 12.8 Å². The van der Waals surface area contributed by atoms with E-state index in [1.165, 1.54) is 29.2 Å². The van der Waals surface area contributed by atoms with Crippen molar-refractivity contribution in [3.05, 3.63) is 131 Å². The number of carbonyl (C=O) groups is 2. The lowest BCUT2D eigenvalue weighted by molar-refractivity contribution is -0.140. The topological polar surface area (TPSA) is 86.8 Å². The highest BCUT2D eigenvalue weighted by Crippen LogP contribution is 2.28. The minimum atomic E-state index is -4.31. The van der Waals surface area contributed by atoms with Gasteiger partial charge in [0.15, 0.2) is 0 Å². The summed E-state index contributed by atoms with van der Waals surface area (Å²) in [5.41, 5.74) is 2.58. The minimum Gasteiger partial charge on any atom is -0.352 e. The Labute approximate surface area is 263 Å². The highest BCUT2D eigenvalue weighted by atomic mass is 35.5. The maximum Gasteiger partial charge on any atom is 0.264 e. The highest BCUT2D eigenvalue weighted by Gasteiger charge is 2.35. The third-order valence-electron chi connectivity index (χ3n) is 6.94. The molecule has 0 saturated heterocycles. The number of sulfonamides is 1. The molecular formula is C34H35ClFN3O4S. The summed E-state index contributed by atoms with van der Waals surface area (Å²) in [7, 11) is -4.31. The molecule has 0 aliphatic carbocycles. The van der Waals surface area contributed by atoms with Crippen molar-refractivity contribution in [2.24, 2.45) is 0 Å². The Morgan fingerprint density at radius 2 is 1.50 bits per heavy atom. The summed E-state index contributed by atoms with van der Waals surface area (Å²) in [6.07, 6.45) is 0.199. The molecule has 44 heavy (non-hydrogen) atoms. The van der Waals surface area contributed by atoms with Gasteiger partial charge in [0.1, 0.15) is 18.4 Å². The van der Waals surface area contributed by atoms with Crippen LogP contribution in [0.15, 0.2) is 108 Å². The number of halogens is 2. The van der Waals surface area contributed by atoms with Crippen LogP contribution in [-0.4, -0.2) is 43.8 Å². The monoisotopic (exact) mass is 635 g/mol. The number of hydrogen-bond donors (Lipinski definition) is 1. The summed E-state index contributed by atoms with van der Waals surface area (Å²) < 4.78 is 43.0. The van der Waals surface area contributed by atoms with Gasteiger partial charge >= 0.3 is 0 Å². The van der Waals surface area contributed by atoms with E-state index in [0.717, 1.165) is 27.1 Å². The van der Waals surface area contributed by atoms with Gasteiger partial charge in [-0.2, -0.15) is 0 Å². The molecule has 0 bridgehead atoms. The molecular weight excluding hydrogens is 601 g/mol. The summed E-state index contributed by atoms with van der Waals surface area (Å²) in [6.45, 7) is 4.97. The first kappa shape index (κ1) is 32.7. The second kappa shape index (κ2) is 14.5. The molecule has 0 spiro atoms. The molecule has 7 nitrogen and oxygen atoms in total. The van der Waals surface area contributed by atoms with Crippen LogP contribution < -0.4 is 9.62 Å². The van der Waals surface area contributed by atoms with Gasteiger partial charge in [-0.15, -0.1) is 0 Å². The van der Waals surface area contributed by atoms with Crippen LogP contribution in [0.1, 0.15) is 30.5 Å². The van der Waals surface area contributed by atoms with E-state index in [9.17, 15) is 22.4 Å². The molecule has 1 N–H and O–H groups in total. The van der Waals surface area contributed by atoms with Gasteiger partial charge in [0.2, 0.25) is 11.8 Å². The molecule has 10 heteroatoms. The van der Waals surface area contributed by atoms with Crippen LogP contribution in [0.3, 0.4) is 0 Å². The minimum absolute atomic E-state index is 0.00958. The third-order valence-corrected chi connectivity index (χ3v) is 9.02. The highest BCUT2D eigenvalue weighted by molar-refractivity contribution is 7.92. The number of hydrogen-bond acceptors (Lipinski definition) is 4. The Balaban J connectivity index is 1.82. The zero-order chi connectivity index (χ0) is 31.9. The van der Waals surface area contributed by atoms with Crippen LogP contribution in [0.25, 0.3) is 0 Å². The Morgan fingerprint density at radius 3 is 2.11 bits per heavy atom. The molecule has 0 radical (unpaired) electrons. The Morgan fingerprint density at radius 1 is 0.864 bits per heavy atom. The average molecular weight is 636 g/mol. The molecule has 4 rings (SSSR count). The average Bonchev–Trinajstić information content (AvgIpc) is 2.99. The molecule has 0 aliphatic rings. The standard InChI is InChI=1S/C34H35ClFN3O4S/c1-24(2)37-34(41)32(20-26-12-6-4-7-13-26)38(22-27-14-10-11-25(3)19-27)33(40)23-39(28-17-18-31(36)30(35)21-28)44(42,43)29-15-8-5-9-16-29/h4-19,21,24,32H,20,22-23H2,1-3H3,(H,37,41)/t32-/m0/s1. The number of anilines is 1. The van der Waals surface area contributed by atoms with Crippen molar-refractivity contribution in [2.45, 2.75) is 50.7 Å². The maximum absolute atomic E-state index is 14.4. The lowest BCUT2D eigenvalue weighted by Gasteiger charge is -2.34. The van der Waals surface area contributed by atoms with Gasteiger partial charge in [0.05, 0.1) is 15.6 Å². The van der Waals surface area contributed by atoms with E-state index in [-0.39, 0.29) is 40.5 Å². The first-order chi connectivity index (χ1) is 21.0. The van der Waals surface area contributed by atoms with Crippen molar-refractivity contribution in [1.29, 1.82) is 0 Å². The quantitative estimate of drug-likeness (QED) is 0.202. The predicted molar refractivity (Wildman–Crippen MR) is 171 cm³/mol. The van der Waals surface area contributed by atoms with E-state index in [1.54, 1.807) is 18.2 Å². The van der Waals surface area contributed by atoms with Gasteiger partial charge in [0.25, 0.3) is 10.0 Å². The van der Waals surface area contributed by atoms with Crippen molar-refractivity contribution in [3.8, 4) is 0 Å². The Hall–Kier alpha value is -4.21. The second-order valence-corrected chi connectivity index (χ2v) is 13.1. The second-order valence-electron chi connectivity index (χ2n) is 10.8. The Kier molecular flexibility index (Phi) is 10.8. The van der Waals surface area contributed by atoms with Gasteiger partial charge < -0.3 is 10.2 Å². The van der Waals surface area contributed by atoms with Crippen molar-refractivity contribution < 1.29 is 22.4 Å². The van der Waals surface area contributed by atoms with E-state index in [4.69, 9.17) is 11.6 Å². The van der Waals surface area contributed by atoms with E-state index in [0.29, 0.717) is 0 Å². The molecule has 4 aromatic rings. The molecule has 0 heterocycles. The maximum atomic E-state index is 14.4. The first-order valence-corrected chi connectivity index (χ1v) is 16.0. The SMILES string of the molecule is Cc1cccc(CN(C(=O)CN(c2ccc(F)c(Cl)c2)S(=O)(=O)c2ccccc2)[C@@H](Cc2ccccc2)C(=O)NC(C)C)c1. The number of carbonyl (C=O) groups excluding carboxylic acids is 2. The molecule has 0 fully saturated rings. The number of amides is 2. The molecule has 2 amide bonds. The molecule has 4 aromatic carbocycles. The zero-order valence-electron chi connectivity index (χ0n) is 24.8. The summed E-state index contributed by atoms with van der Waals surface area (Å²) in [5, 5.41) is 2.63. The van der Waals surface area contributed by atoms with Crippen molar-refractivity contribution in [2.75, 3.05) is 10.8 Å². The number of rotatable bonds is 12. The lowest BCUT2D eigenvalue weighted by Crippen LogP contribution is -2.54.